The Morgan fingerprint density at radius 3 is 2.50 bits per heavy atom. The summed E-state index contributed by atoms with van der Waals surface area (Å²) in [6, 6.07) is 2.73. The first-order valence-electron chi connectivity index (χ1n) is 3.44. The Kier molecular flexibility index (Phi) is 2.43. The van der Waals surface area contributed by atoms with Crippen molar-refractivity contribution < 1.29 is 4.39 Å². The van der Waals surface area contributed by atoms with Gasteiger partial charge in [0.05, 0.1) is 16.4 Å². The zero-order valence-electron chi connectivity index (χ0n) is 6.94. The van der Waals surface area contributed by atoms with Crippen LogP contribution in [0.15, 0.2) is 12.1 Å². The van der Waals surface area contributed by atoms with Crippen LogP contribution in [0.4, 0.5) is 15.8 Å². The molecule has 0 fully saturated rings. The zero-order valence-corrected chi connectivity index (χ0v) is 7.69. The highest BCUT2D eigenvalue weighted by atomic mass is 35.5. The lowest BCUT2D eigenvalue weighted by Gasteiger charge is -2.15. The SMILES string of the molecule is CN(C)c1cc(F)c(Cl)cc1N. The van der Waals surface area contributed by atoms with Crippen LogP contribution >= 0.6 is 11.6 Å². The summed E-state index contributed by atoms with van der Waals surface area (Å²) in [5.74, 6) is -0.449. The van der Waals surface area contributed by atoms with E-state index in [1.54, 1.807) is 19.0 Å². The summed E-state index contributed by atoms with van der Waals surface area (Å²) in [4.78, 5) is 1.73. The number of hydrogen-bond donors (Lipinski definition) is 1. The molecule has 0 radical (unpaired) electrons. The van der Waals surface area contributed by atoms with Crippen LogP contribution in [0.1, 0.15) is 0 Å². The zero-order chi connectivity index (χ0) is 9.30. The van der Waals surface area contributed by atoms with E-state index in [2.05, 4.69) is 0 Å². The predicted molar refractivity (Wildman–Crippen MR) is 50.1 cm³/mol. The molecule has 0 heterocycles. The van der Waals surface area contributed by atoms with Gasteiger partial charge in [-0.05, 0) is 6.07 Å². The summed E-state index contributed by atoms with van der Waals surface area (Å²) in [5.41, 5.74) is 6.71. The summed E-state index contributed by atoms with van der Waals surface area (Å²) in [7, 11) is 3.58. The topological polar surface area (TPSA) is 29.3 Å². The van der Waals surface area contributed by atoms with Gasteiger partial charge in [-0.2, -0.15) is 0 Å². The molecule has 66 valence electrons. The lowest BCUT2D eigenvalue weighted by atomic mass is 10.2. The number of halogens is 2. The fourth-order valence-corrected chi connectivity index (χ4v) is 1.11. The third-order valence-electron chi connectivity index (χ3n) is 1.55. The Morgan fingerprint density at radius 2 is 2.00 bits per heavy atom. The normalized spacial score (nSPS) is 10.0. The van der Waals surface area contributed by atoms with E-state index in [4.69, 9.17) is 17.3 Å². The van der Waals surface area contributed by atoms with Crippen molar-refractivity contribution in [2.24, 2.45) is 0 Å². The van der Waals surface area contributed by atoms with E-state index in [1.807, 2.05) is 0 Å². The van der Waals surface area contributed by atoms with Gasteiger partial charge in [-0.3, -0.25) is 0 Å². The van der Waals surface area contributed by atoms with Crippen LogP contribution in [0, 0.1) is 5.82 Å². The van der Waals surface area contributed by atoms with Crippen molar-refractivity contribution in [3.63, 3.8) is 0 Å². The third kappa shape index (κ3) is 1.61. The van der Waals surface area contributed by atoms with E-state index in [0.717, 1.165) is 0 Å². The van der Waals surface area contributed by atoms with Gasteiger partial charge in [-0.15, -0.1) is 0 Å². The number of nitrogens with two attached hydrogens (primary N) is 1. The van der Waals surface area contributed by atoms with Crippen molar-refractivity contribution in [1.29, 1.82) is 0 Å². The van der Waals surface area contributed by atoms with E-state index >= 15 is 0 Å². The average Bonchev–Trinajstić information content (AvgIpc) is 1.96. The second-order valence-corrected chi connectivity index (χ2v) is 3.13. The molecule has 0 saturated carbocycles. The summed E-state index contributed by atoms with van der Waals surface area (Å²) < 4.78 is 12.9. The van der Waals surface area contributed by atoms with Crippen molar-refractivity contribution in [3.8, 4) is 0 Å². The molecule has 0 bridgehead atoms. The Bertz CT molecular complexity index is 299. The van der Waals surface area contributed by atoms with Gasteiger partial charge < -0.3 is 10.6 Å². The summed E-state index contributed by atoms with van der Waals surface area (Å²) >= 11 is 5.52. The lowest BCUT2D eigenvalue weighted by molar-refractivity contribution is 0.628. The van der Waals surface area contributed by atoms with Crippen LogP contribution in [0.25, 0.3) is 0 Å². The fraction of sp³-hybridized carbons (Fsp3) is 0.250. The predicted octanol–water partition coefficient (Wildman–Crippen LogP) is 2.13. The summed E-state index contributed by atoms with van der Waals surface area (Å²) in [6.45, 7) is 0. The third-order valence-corrected chi connectivity index (χ3v) is 1.84. The van der Waals surface area contributed by atoms with Crippen LogP contribution in [0.5, 0.6) is 0 Å². The molecule has 4 heteroatoms. The fourth-order valence-electron chi connectivity index (χ4n) is 0.939. The molecule has 0 amide bonds. The molecule has 0 saturated heterocycles. The first-order chi connectivity index (χ1) is 5.52. The Labute approximate surface area is 75.7 Å². The monoisotopic (exact) mass is 188 g/mol. The van der Waals surface area contributed by atoms with Gasteiger partial charge in [0.15, 0.2) is 0 Å². The number of benzene rings is 1. The van der Waals surface area contributed by atoms with E-state index < -0.39 is 5.82 Å². The molecule has 0 unspecified atom stereocenters. The highest BCUT2D eigenvalue weighted by Gasteiger charge is 2.06. The quantitative estimate of drug-likeness (QED) is 0.685. The molecular weight excluding hydrogens is 179 g/mol. The van der Waals surface area contributed by atoms with Gasteiger partial charge in [0, 0.05) is 20.2 Å². The Balaban J connectivity index is 3.23. The molecule has 12 heavy (non-hydrogen) atoms. The van der Waals surface area contributed by atoms with Gasteiger partial charge in [-0.25, -0.2) is 4.39 Å². The minimum Gasteiger partial charge on any atom is -0.397 e. The van der Waals surface area contributed by atoms with E-state index in [-0.39, 0.29) is 5.02 Å². The molecule has 1 aromatic carbocycles. The summed E-state index contributed by atoms with van der Waals surface area (Å²) in [6.07, 6.45) is 0. The number of rotatable bonds is 1. The molecule has 0 spiro atoms. The minimum atomic E-state index is -0.449. The van der Waals surface area contributed by atoms with Gasteiger partial charge in [0.1, 0.15) is 5.82 Å². The second kappa shape index (κ2) is 3.19. The molecule has 0 aliphatic heterocycles. The summed E-state index contributed by atoms with van der Waals surface area (Å²) in [5, 5.41) is 0.0538. The number of hydrogen-bond acceptors (Lipinski definition) is 2. The van der Waals surface area contributed by atoms with Crippen LogP contribution in [0.3, 0.4) is 0 Å². The molecule has 0 aliphatic carbocycles. The smallest absolute Gasteiger partial charge is 0.144 e. The molecule has 0 atom stereocenters. The molecule has 2 N–H and O–H groups in total. The maximum absolute atomic E-state index is 12.9. The van der Waals surface area contributed by atoms with Crippen molar-refractivity contribution in [2.45, 2.75) is 0 Å². The maximum atomic E-state index is 12.9. The van der Waals surface area contributed by atoms with Crippen LogP contribution < -0.4 is 10.6 Å². The Morgan fingerprint density at radius 1 is 1.42 bits per heavy atom. The molecular formula is C8H10ClFN2. The number of nitrogen functional groups attached to an aromatic ring is 1. The average molecular weight is 189 g/mol. The van der Waals surface area contributed by atoms with E-state index in [1.165, 1.54) is 12.1 Å². The largest absolute Gasteiger partial charge is 0.397 e. The first kappa shape index (κ1) is 9.13. The number of nitrogens with zero attached hydrogens (tertiary/aromatic N) is 1. The van der Waals surface area contributed by atoms with Crippen molar-refractivity contribution in [2.75, 3.05) is 24.7 Å². The standard InChI is InChI=1S/C8H10ClFN2/c1-12(2)8-4-6(10)5(9)3-7(8)11/h3-4H,11H2,1-2H3. The van der Waals surface area contributed by atoms with Crippen LogP contribution in [-0.4, -0.2) is 14.1 Å². The lowest BCUT2D eigenvalue weighted by Crippen LogP contribution is -2.11. The minimum absolute atomic E-state index is 0.0538. The highest BCUT2D eigenvalue weighted by Crippen LogP contribution is 2.27. The van der Waals surface area contributed by atoms with Gasteiger partial charge in [0.2, 0.25) is 0 Å². The first-order valence-corrected chi connectivity index (χ1v) is 3.82. The molecule has 0 aromatic heterocycles. The van der Waals surface area contributed by atoms with E-state index in [0.29, 0.717) is 11.4 Å². The second-order valence-electron chi connectivity index (χ2n) is 2.72. The maximum Gasteiger partial charge on any atom is 0.144 e. The van der Waals surface area contributed by atoms with E-state index in [9.17, 15) is 4.39 Å². The van der Waals surface area contributed by atoms with Crippen molar-refractivity contribution in [1.82, 2.24) is 0 Å². The van der Waals surface area contributed by atoms with Crippen LogP contribution in [-0.2, 0) is 0 Å². The highest BCUT2D eigenvalue weighted by molar-refractivity contribution is 6.31. The van der Waals surface area contributed by atoms with Crippen molar-refractivity contribution in [3.05, 3.63) is 23.0 Å². The van der Waals surface area contributed by atoms with Crippen LogP contribution in [0.2, 0.25) is 5.02 Å². The molecule has 0 aliphatic rings. The molecule has 2 nitrogen and oxygen atoms in total. The molecule has 1 rings (SSSR count). The molecule has 1 aromatic rings. The van der Waals surface area contributed by atoms with Gasteiger partial charge >= 0.3 is 0 Å². The van der Waals surface area contributed by atoms with Crippen molar-refractivity contribution >= 4 is 23.0 Å². The van der Waals surface area contributed by atoms with Gasteiger partial charge in [-0.1, -0.05) is 11.6 Å². The number of anilines is 2. The van der Waals surface area contributed by atoms with Gasteiger partial charge in [0.25, 0.3) is 0 Å². The Hall–Kier alpha value is -0.960.